The molecule has 2 aromatic heterocycles. The predicted octanol–water partition coefficient (Wildman–Crippen LogP) is 3.87. The molecule has 0 spiro atoms. The van der Waals surface area contributed by atoms with Crippen LogP contribution in [0.4, 0.5) is 0 Å². The summed E-state index contributed by atoms with van der Waals surface area (Å²) < 4.78 is 2.92. The lowest BCUT2D eigenvalue weighted by Crippen LogP contribution is -2.31. The van der Waals surface area contributed by atoms with E-state index >= 15 is 0 Å². The second kappa shape index (κ2) is 8.96. The van der Waals surface area contributed by atoms with E-state index in [-0.39, 0.29) is 11.2 Å². The first-order valence-corrected chi connectivity index (χ1v) is 9.94. The van der Waals surface area contributed by atoms with Crippen molar-refractivity contribution in [2.24, 2.45) is 0 Å². The number of amides is 1. The van der Waals surface area contributed by atoms with E-state index < -0.39 is 0 Å². The lowest BCUT2D eigenvalue weighted by Gasteiger charge is -2.13. The average molecular weight is 444 g/mol. The molecule has 0 bridgehead atoms. The first kappa shape index (κ1) is 19.3. The maximum absolute atomic E-state index is 12.2. The average Bonchev–Trinajstić information content (AvgIpc) is 3.10. The Morgan fingerprint density at radius 1 is 1.33 bits per heavy atom. The van der Waals surface area contributed by atoms with Crippen molar-refractivity contribution in [1.29, 1.82) is 0 Å². The van der Waals surface area contributed by atoms with Crippen LogP contribution in [0.15, 0.2) is 71.1 Å². The first-order chi connectivity index (χ1) is 13.1. The molecule has 0 unspecified atom stereocenters. The van der Waals surface area contributed by atoms with E-state index in [0.29, 0.717) is 17.5 Å². The summed E-state index contributed by atoms with van der Waals surface area (Å²) in [6.07, 6.45) is 5.11. The number of nitrogens with zero attached hydrogens (tertiary/aromatic N) is 4. The summed E-state index contributed by atoms with van der Waals surface area (Å²) in [6.45, 7) is 5.89. The van der Waals surface area contributed by atoms with E-state index in [1.165, 1.54) is 11.8 Å². The molecule has 2 heterocycles. The molecule has 8 heteroatoms. The molecule has 3 aromatic rings. The zero-order valence-electron chi connectivity index (χ0n) is 14.7. The van der Waals surface area contributed by atoms with Crippen molar-refractivity contribution in [3.05, 3.63) is 65.9 Å². The van der Waals surface area contributed by atoms with Gasteiger partial charge in [0.2, 0.25) is 5.91 Å². The minimum absolute atomic E-state index is 0.0758. The fraction of sp³-hybridized carbons (Fsp3) is 0.158. The summed E-state index contributed by atoms with van der Waals surface area (Å²) >= 11 is 4.81. The van der Waals surface area contributed by atoms with Crippen LogP contribution in [0.3, 0.4) is 0 Å². The van der Waals surface area contributed by atoms with Crippen molar-refractivity contribution in [3.8, 4) is 17.1 Å². The van der Waals surface area contributed by atoms with E-state index in [2.05, 4.69) is 43.0 Å². The third kappa shape index (κ3) is 4.64. The summed E-state index contributed by atoms with van der Waals surface area (Å²) in [6, 6.07) is 11.6. The van der Waals surface area contributed by atoms with Gasteiger partial charge in [-0.3, -0.25) is 14.3 Å². The number of aromatic nitrogens is 4. The molecule has 0 aliphatic rings. The standard InChI is InChI=1S/C19H18BrN5OS/c1-3-10-22-18(26)13(2)27-19-24-23-17(14-5-4-11-21-12-14)25(19)16-8-6-15(20)7-9-16/h3-9,11-13H,1,10H2,2H3,(H,22,26)/t13-/m1/s1. The van der Waals surface area contributed by atoms with Gasteiger partial charge in [-0.15, -0.1) is 16.8 Å². The van der Waals surface area contributed by atoms with Gasteiger partial charge in [-0.1, -0.05) is 33.8 Å². The largest absolute Gasteiger partial charge is 0.352 e. The predicted molar refractivity (Wildman–Crippen MR) is 111 cm³/mol. The summed E-state index contributed by atoms with van der Waals surface area (Å²) in [5.41, 5.74) is 1.76. The topological polar surface area (TPSA) is 72.7 Å². The molecule has 6 nitrogen and oxygen atoms in total. The Balaban J connectivity index is 1.99. The molecular formula is C19H18BrN5OS. The number of halogens is 1. The van der Waals surface area contributed by atoms with Crippen molar-refractivity contribution in [2.75, 3.05) is 6.54 Å². The van der Waals surface area contributed by atoms with Gasteiger partial charge in [-0.25, -0.2) is 0 Å². The van der Waals surface area contributed by atoms with E-state index in [1.54, 1.807) is 18.5 Å². The van der Waals surface area contributed by atoms with Crippen LogP contribution < -0.4 is 5.32 Å². The summed E-state index contributed by atoms with van der Waals surface area (Å²) in [7, 11) is 0. The highest BCUT2D eigenvalue weighted by molar-refractivity contribution is 9.10. The minimum Gasteiger partial charge on any atom is -0.352 e. The van der Waals surface area contributed by atoms with Crippen molar-refractivity contribution in [3.63, 3.8) is 0 Å². The van der Waals surface area contributed by atoms with Crippen LogP contribution >= 0.6 is 27.7 Å². The minimum atomic E-state index is -0.329. The Hall–Kier alpha value is -2.45. The van der Waals surface area contributed by atoms with Crippen LogP contribution in [0.5, 0.6) is 0 Å². The van der Waals surface area contributed by atoms with Crippen molar-refractivity contribution < 1.29 is 4.79 Å². The number of pyridine rings is 1. The number of hydrogen-bond acceptors (Lipinski definition) is 5. The third-order valence-corrected chi connectivity index (χ3v) is 5.28. The Morgan fingerprint density at radius 3 is 2.78 bits per heavy atom. The molecule has 1 amide bonds. The lowest BCUT2D eigenvalue weighted by molar-refractivity contribution is -0.120. The van der Waals surface area contributed by atoms with Crippen LogP contribution in [0.25, 0.3) is 17.1 Å². The van der Waals surface area contributed by atoms with Crippen LogP contribution in [0, 0.1) is 0 Å². The second-order valence-electron chi connectivity index (χ2n) is 5.65. The third-order valence-electron chi connectivity index (χ3n) is 3.71. The van der Waals surface area contributed by atoms with Crippen LogP contribution in [-0.2, 0) is 4.79 Å². The highest BCUT2D eigenvalue weighted by Crippen LogP contribution is 2.30. The molecular weight excluding hydrogens is 426 g/mol. The second-order valence-corrected chi connectivity index (χ2v) is 7.88. The van der Waals surface area contributed by atoms with Gasteiger partial charge in [-0.05, 0) is 43.3 Å². The molecule has 0 radical (unpaired) electrons. The number of carbonyl (C=O) groups excluding carboxylic acids is 1. The highest BCUT2D eigenvalue weighted by Gasteiger charge is 2.21. The summed E-state index contributed by atoms with van der Waals surface area (Å²) in [4.78, 5) is 16.4. The number of benzene rings is 1. The van der Waals surface area contributed by atoms with Crippen LogP contribution in [0.1, 0.15) is 6.92 Å². The van der Waals surface area contributed by atoms with Crippen molar-refractivity contribution in [2.45, 2.75) is 17.3 Å². The van der Waals surface area contributed by atoms with Crippen LogP contribution in [0.2, 0.25) is 0 Å². The SMILES string of the molecule is C=CCNC(=O)[C@@H](C)Sc1nnc(-c2cccnc2)n1-c1ccc(Br)cc1. The smallest absolute Gasteiger partial charge is 0.233 e. The number of hydrogen-bond donors (Lipinski definition) is 1. The van der Waals surface area contributed by atoms with Gasteiger partial charge in [0, 0.05) is 34.7 Å². The van der Waals surface area contributed by atoms with Gasteiger partial charge in [0.25, 0.3) is 0 Å². The number of thioether (sulfide) groups is 1. The van der Waals surface area contributed by atoms with E-state index in [0.717, 1.165) is 15.7 Å². The van der Waals surface area contributed by atoms with E-state index in [9.17, 15) is 4.79 Å². The lowest BCUT2D eigenvalue weighted by atomic mass is 10.2. The molecule has 27 heavy (non-hydrogen) atoms. The Morgan fingerprint density at radius 2 is 2.11 bits per heavy atom. The fourth-order valence-corrected chi connectivity index (χ4v) is 3.54. The molecule has 1 atom stereocenters. The van der Waals surface area contributed by atoms with Gasteiger partial charge in [-0.2, -0.15) is 0 Å². The molecule has 0 saturated heterocycles. The van der Waals surface area contributed by atoms with Gasteiger partial charge >= 0.3 is 0 Å². The molecule has 0 saturated carbocycles. The number of carbonyl (C=O) groups is 1. The molecule has 0 fully saturated rings. The first-order valence-electron chi connectivity index (χ1n) is 8.27. The van der Waals surface area contributed by atoms with Gasteiger partial charge < -0.3 is 5.32 Å². The number of nitrogens with one attached hydrogen (secondary N) is 1. The summed E-state index contributed by atoms with van der Waals surface area (Å²) in [5, 5.41) is 11.8. The highest BCUT2D eigenvalue weighted by atomic mass is 79.9. The molecule has 0 aliphatic carbocycles. The molecule has 3 rings (SSSR count). The molecule has 138 valence electrons. The Bertz CT molecular complexity index is 927. The zero-order valence-corrected chi connectivity index (χ0v) is 17.1. The van der Waals surface area contributed by atoms with E-state index in [1.807, 2.05) is 47.9 Å². The van der Waals surface area contributed by atoms with E-state index in [4.69, 9.17) is 0 Å². The molecule has 0 aliphatic heterocycles. The Kier molecular flexibility index (Phi) is 6.41. The zero-order chi connectivity index (χ0) is 19.2. The fourth-order valence-electron chi connectivity index (χ4n) is 2.38. The summed E-state index contributed by atoms with van der Waals surface area (Å²) in [5.74, 6) is 0.597. The van der Waals surface area contributed by atoms with Crippen molar-refractivity contribution in [1.82, 2.24) is 25.1 Å². The van der Waals surface area contributed by atoms with Crippen molar-refractivity contribution >= 4 is 33.6 Å². The molecule has 1 N–H and O–H groups in total. The Labute approximate surface area is 170 Å². The molecule has 1 aromatic carbocycles. The van der Waals surface area contributed by atoms with Gasteiger partial charge in [0.1, 0.15) is 0 Å². The quantitative estimate of drug-likeness (QED) is 0.443. The normalized spacial score (nSPS) is 11.8. The maximum Gasteiger partial charge on any atom is 0.233 e. The van der Waals surface area contributed by atoms with Gasteiger partial charge in [0.05, 0.1) is 5.25 Å². The number of rotatable bonds is 7. The van der Waals surface area contributed by atoms with Gasteiger partial charge in [0.15, 0.2) is 11.0 Å². The van der Waals surface area contributed by atoms with Crippen LogP contribution in [-0.4, -0.2) is 37.5 Å². The maximum atomic E-state index is 12.2. The monoisotopic (exact) mass is 443 g/mol.